The Labute approximate surface area is 130 Å². The van der Waals surface area contributed by atoms with Crippen LogP contribution in [0, 0.1) is 6.92 Å². The fourth-order valence-electron chi connectivity index (χ4n) is 2.29. The molecule has 0 bridgehead atoms. The van der Waals surface area contributed by atoms with Gasteiger partial charge in [-0.1, -0.05) is 22.0 Å². The van der Waals surface area contributed by atoms with Crippen molar-refractivity contribution < 1.29 is 0 Å². The van der Waals surface area contributed by atoms with Gasteiger partial charge < -0.3 is 0 Å². The highest BCUT2D eigenvalue weighted by Gasteiger charge is 2.17. The lowest BCUT2D eigenvalue weighted by atomic mass is 10.2. The van der Waals surface area contributed by atoms with Gasteiger partial charge in [-0.2, -0.15) is 0 Å². The second-order valence-corrected chi connectivity index (χ2v) is 6.29. The van der Waals surface area contributed by atoms with E-state index in [1.54, 1.807) is 12.4 Å². The first kappa shape index (κ1) is 13.6. The maximum atomic E-state index is 6.31. The Morgan fingerprint density at radius 3 is 2.85 bits per heavy atom. The van der Waals surface area contributed by atoms with Crippen LogP contribution in [-0.4, -0.2) is 14.5 Å². The zero-order valence-corrected chi connectivity index (χ0v) is 13.5. The van der Waals surface area contributed by atoms with Crippen molar-refractivity contribution >= 4 is 38.6 Å². The minimum atomic E-state index is -0.180. The van der Waals surface area contributed by atoms with Crippen LogP contribution in [0.25, 0.3) is 16.7 Å². The molecule has 0 spiro atoms. The highest BCUT2D eigenvalue weighted by molar-refractivity contribution is 9.10. The molecule has 0 aliphatic rings. The summed E-state index contributed by atoms with van der Waals surface area (Å²) in [4.78, 5) is 8.74. The van der Waals surface area contributed by atoms with Crippen molar-refractivity contribution in [1.82, 2.24) is 14.5 Å². The highest BCUT2D eigenvalue weighted by Crippen LogP contribution is 2.30. The quantitative estimate of drug-likeness (QED) is 0.622. The largest absolute Gasteiger partial charge is 0.295 e. The minimum absolute atomic E-state index is 0.180. The number of halogens is 2. The molecule has 3 aromatic rings. The SMILES string of the molecule is Cc1ccc(Br)cc1-n1c(C(C)Cl)nc2cnccc21. The second-order valence-electron chi connectivity index (χ2n) is 4.72. The molecule has 0 amide bonds. The number of hydrogen-bond donors (Lipinski definition) is 0. The van der Waals surface area contributed by atoms with Gasteiger partial charge in [0, 0.05) is 10.7 Å². The number of fused-ring (bicyclic) bond motifs is 1. The number of imidazole rings is 1. The molecule has 0 radical (unpaired) electrons. The summed E-state index contributed by atoms with van der Waals surface area (Å²) >= 11 is 9.83. The summed E-state index contributed by atoms with van der Waals surface area (Å²) in [6.45, 7) is 4.01. The van der Waals surface area contributed by atoms with Gasteiger partial charge in [-0.3, -0.25) is 9.55 Å². The van der Waals surface area contributed by atoms with E-state index in [-0.39, 0.29) is 5.38 Å². The van der Waals surface area contributed by atoms with Gasteiger partial charge in [-0.25, -0.2) is 4.98 Å². The Bertz CT molecular complexity index is 780. The van der Waals surface area contributed by atoms with Crippen LogP contribution < -0.4 is 0 Å². The number of aryl methyl sites for hydroxylation is 1. The number of rotatable bonds is 2. The normalized spacial score (nSPS) is 12.8. The zero-order chi connectivity index (χ0) is 14.3. The smallest absolute Gasteiger partial charge is 0.132 e. The van der Waals surface area contributed by atoms with Crippen molar-refractivity contribution in [2.45, 2.75) is 19.2 Å². The Hall–Kier alpha value is -1.39. The third-order valence-corrected chi connectivity index (χ3v) is 3.94. The highest BCUT2D eigenvalue weighted by atomic mass is 79.9. The summed E-state index contributed by atoms with van der Waals surface area (Å²) in [6.07, 6.45) is 3.54. The van der Waals surface area contributed by atoms with Crippen LogP contribution in [-0.2, 0) is 0 Å². The molecule has 0 N–H and O–H groups in total. The number of alkyl halides is 1. The zero-order valence-electron chi connectivity index (χ0n) is 11.1. The fourth-order valence-corrected chi connectivity index (χ4v) is 2.79. The Kier molecular flexibility index (Phi) is 3.52. The van der Waals surface area contributed by atoms with Gasteiger partial charge in [0.1, 0.15) is 11.3 Å². The van der Waals surface area contributed by atoms with E-state index in [2.05, 4.69) is 49.5 Å². The van der Waals surface area contributed by atoms with Gasteiger partial charge in [0.05, 0.1) is 22.8 Å². The maximum absolute atomic E-state index is 6.31. The maximum Gasteiger partial charge on any atom is 0.132 e. The van der Waals surface area contributed by atoms with E-state index in [1.807, 2.05) is 19.1 Å². The van der Waals surface area contributed by atoms with E-state index in [0.717, 1.165) is 27.0 Å². The summed E-state index contributed by atoms with van der Waals surface area (Å²) in [5.41, 5.74) is 4.12. The molecule has 2 aromatic heterocycles. The van der Waals surface area contributed by atoms with Gasteiger partial charge in [0.15, 0.2) is 0 Å². The molecular weight excluding hydrogens is 338 g/mol. The van der Waals surface area contributed by atoms with Crippen LogP contribution >= 0.6 is 27.5 Å². The van der Waals surface area contributed by atoms with E-state index in [1.165, 1.54) is 5.56 Å². The molecule has 102 valence electrons. The van der Waals surface area contributed by atoms with E-state index >= 15 is 0 Å². The van der Waals surface area contributed by atoms with Crippen LogP contribution in [0.3, 0.4) is 0 Å². The summed E-state index contributed by atoms with van der Waals surface area (Å²) in [5.74, 6) is 0.830. The third-order valence-electron chi connectivity index (χ3n) is 3.25. The second kappa shape index (κ2) is 5.19. The Morgan fingerprint density at radius 2 is 2.10 bits per heavy atom. The molecule has 3 rings (SSSR count). The average molecular weight is 351 g/mol. The van der Waals surface area contributed by atoms with Crippen molar-refractivity contribution in [2.24, 2.45) is 0 Å². The lowest BCUT2D eigenvalue weighted by Crippen LogP contribution is -2.03. The van der Waals surface area contributed by atoms with Gasteiger partial charge >= 0.3 is 0 Å². The Morgan fingerprint density at radius 1 is 1.30 bits per heavy atom. The van der Waals surface area contributed by atoms with Crippen LogP contribution in [0.15, 0.2) is 41.1 Å². The molecule has 20 heavy (non-hydrogen) atoms. The molecule has 0 saturated heterocycles. The molecule has 1 unspecified atom stereocenters. The van der Waals surface area contributed by atoms with Crippen LogP contribution in [0.1, 0.15) is 23.7 Å². The number of hydrogen-bond acceptors (Lipinski definition) is 2. The first-order chi connectivity index (χ1) is 9.58. The number of nitrogens with zero attached hydrogens (tertiary/aromatic N) is 3. The molecule has 1 aromatic carbocycles. The van der Waals surface area contributed by atoms with E-state index in [0.29, 0.717) is 0 Å². The minimum Gasteiger partial charge on any atom is -0.295 e. The summed E-state index contributed by atoms with van der Waals surface area (Å²) in [6, 6.07) is 8.16. The third kappa shape index (κ3) is 2.23. The summed E-state index contributed by atoms with van der Waals surface area (Å²) in [5, 5.41) is -0.180. The van der Waals surface area contributed by atoms with Crippen molar-refractivity contribution in [3.05, 3.63) is 52.5 Å². The van der Waals surface area contributed by atoms with Crippen LogP contribution in [0.4, 0.5) is 0 Å². The fraction of sp³-hybridized carbons (Fsp3) is 0.200. The predicted molar refractivity (Wildman–Crippen MR) is 85.6 cm³/mol. The van der Waals surface area contributed by atoms with Crippen molar-refractivity contribution in [3.63, 3.8) is 0 Å². The summed E-state index contributed by atoms with van der Waals surface area (Å²) in [7, 11) is 0. The van der Waals surface area contributed by atoms with Gasteiger partial charge in [0.2, 0.25) is 0 Å². The molecule has 0 saturated carbocycles. The van der Waals surface area contributed by atoms with Crippen LogP contribution in [0.5, 0.6) is 0 Å². The monoisotopic (exact) mass is 349 g/mol. The molecule has 0 aliphatic heterocycles. The molecule has 3 nitrogen and oxygen atoms in total. The molecule has 2 heterocycles. The standard InChI is InChI=1S/C15H13BrClN3/c1-9-3-4-11(16)7-14(9)20-13-5-6-18-8-12(13)19-15(20)10(2)17/h3-8,10H,1-2H3. The van der Waals surface area contributed by atoms with E-state index in [4.69, 9.17) is 11.6 Å². The van der Waals surface area contributed by atoms with Gasteiger partial charge in [0.25, 0.3) is 0 Å². The van der Waals surface area contributed by atoms with Crippen molar-refractivity contribution in [3.8, 4) is 5.69 Å². The first-order valence-corrected chi connectivity index (χ1v) is 7.54. The van der Waals surface area contributed by atoms with Gasteiger partial charge in [-0.15, -0.1) is 11.6 Å². The van der Waals surface area contributed by atoms with Crippen molar-refractivity contribution in [2.75, 3.05) is 0 Å². The number of benzene rings is 1. The predicted octanol–water partition coefficient (Wildman–Crippen LogP) is 4.79. The number of pyridine rings is 1. The van der Waals surface area contributed by atoms with Gasteiger partial charge in [-0.05, 0) is 37.6 Å². The Balaban J connectivity index is 2.39. The van der Waals surface area contributed by atoms with E-state index in [9.17, 15) is 0 Å². The number of aromatic nitrogens is 3. The molecule has 0 aliphatic carbocycles. The molecular formula is C15H13BrClN3. The molecule has 5 heteroatoms. The lowest BCUT2D eigenvalue weighted by Gasteiger charge is -2.13. The van der Waals surface area contributed by atoms with Crippen molar-refractivity contribution in [1.29, 1.82) is 0 Å². The molecule has 0 fully saturated rings. The summed E-state index contributed by atoms with van der Waals surface area (Å²) < 4.78 is 3.14. The molecule has 1 atom stereocenters. The first-order valence-electron chi connectivity index (χ1n) is 6.31. The van der Waals surface area contributed by atoms with Crippen LogP contribution in [0.2, 0.25) is 0 Å². The average Bonchev–Trinajstić information content (AvgIpc) is 2.81. The topological polar surface area (TPSA) is 30.7 Å². The lowest BCUT2D eigenvalue weighted by molar-refractivity contribution is 0.878. The van der Waals surface area contributed by atoms with E-state index < -0.39 is 0 Å².